The van der Waals surface area contributed by atoms with Crippen molar-refractivity contribution in [2.75, 3.05) is 31.6 Å². The number of phenols is 1. The van der Waals surface area contributed by atoms with Gasteiger partial charge in [-0.05, 0) is 12.1 Å². The highest BCUT2D eigenvalue weighted by atomic mass is 16.3. The number of nitrogens with zero attached hydrogens (tertiary/aromatic N) is 1. The molecule has 2 rings (SSSR count). The fraction of sp³-hybridized carbons (Fsp3) is 0.455. The van der Waals surface area contributed by atoms with Crippen LogP contribution in [0.5, 0.6) is 5.75 Å². The van der Waals surface area contributed by atoms with E-state index >= 15 is 0 Å². The standard InChI is InChI=1S/C11H16N2O/c1-13(8-9-6-12-7-9)10-3-2-4-11(14)5-10/h2-5,9,12,14H,6-8H2,1H3. The van der Waals surface area contributed by atoms with Crippen LogP contribution >= 0.6 is 0 Å². The van der Waals surface area contributed by atoms with E-state index < -0.39 is 0 Å². The first kappa shape index (κ1) is 9.34. The van der Waals surface area contributed by atoms with Crippen LogP contribution < -0.4 is 10.2 Å². The molecule has 1 heterocycles. The predicted octanol–water partition coefficient (Wildman–Crippen LogP) is 1.05. The number of rotatable bonds is 3. The van der Waals surface area contributed by atoms with Crippen molar-refractivity contribution in [3.8, 4) is 5.75 Å². The Labute approximate surface area is 84.4 Å². The highest BCUT2D eigenvalue weighted by Gasteiger charge is 2.18. The van der Waals surface area contributed by atoms with E-state index in [0.29, 0.717) is 5.75 Å². The summed E-state index contributed by atoms with van der Waals surface area (Å²) in [5, 5.41) is 12.6. The molecular weight excluding hydrogens is 176 g/mol. The smallest absolute Gasteiger partial charge is 0.117 e. The molecule has 0 unspecified atom stereocenters. The van der Waals surface area contributed by atoms with Gasteiger partial charge in [-0.15, -0.1) is 0 Å². The molecule has 1 aliphatic heterocycles. The first-order valence-electron chi connectivity index (χ1n) is 4.96. The molecule has 0 aliphatic carbocycles. The number of benzene rings is 1. The second-order valence-electron chi connectivity index (χ2n) is 3.92. The van der Waals surface area contributed by atoms with Crippen molar-refractivity contribution in [3.63, 3.8) is 0 Å². The van der Waals surface area contributed by atoms with Crippen LogP contribution in [0.25, 0.3) is 0 Å². The highest BCUT2D eigenvalue weighted by Crippen LogP contribution is 2.20. The second kappa shape index (κ2) is 3.88. The van der Waals surface area contributed by atoms with Crippen molar-refractivity contribution in [2.24, 2.45) is 5.92 Å². The Morgan fingerprint density at radius 3 is 2.86 bits per heavy atom. The van der Waals surface area contributed by atoms with Crippen molar-refractivity contribution in [2.45, 2.75) is 0 Å². The number of nitrogens with one attached hydrogen (secondary N) is 1. The quantitative estimate of drug-likeness (QED) is 0.751. The van der Waals surface area contributed by atoms with E-state index in [1.54, 1.807) is 12.1 Å². The molecule has 0 atom stereocenters. The average Bonchev–Trinajstić information content (AvgIpc) is 2.11. The Kier molecular flexibility index (Phi) is 2.59. The van der Waals surface area contributed by atoms with Crippen LogP contribution in [0.3, 0.4) is 0 Å². The lowest BCUT2D eigenvalue weighted by molar-refractivity contribution is 0.353. The number of phenolic OH excluding ortho intramolecular Hbond substituents is 1. The average molecular weight is 192 g/mol. The van der Waals surface area contributed by atoms with Crippen molar-refractivity contribution in [1.82, 2.24) is 5.32 Å². The van der Waals surface area contributed by atoms with E-state index in [0.717, 1.165) is 31.2 Å². The zero-order chi connectivity index (χ0) is 9.97. The molecule has 0 bridgehead atoms. The van der Waals surface area contributed by atoms with Crippen molar-refractivity contribution in [1.29, 1.82) is 0 Å². The third-order valence-corrected chi connectivity index (χ3v) is 2.67. The fourth-order valence-electron chi connectivity index (χ4n) is 1.70. The van der Waals surface area contributed by atoms with Gasteiger partial charge in [0.25, 0.3) is 0 Å². The van der Waals surface area contributed by atoms with E-state index in [2.05, 4.69) is 17.3 Å². The lowest BCUT2D eigenvalue weighted by atomic mass is 10.0. The molecule has 1 aromatic carbocycles. The predicted molar refractivity (Wildman–Crippen MR) is 57.7 cm³/mol. The molecular formula is C11H16N2O. The van der Waals surface area contributed by atoms with Crippen LogP contribution in [-0.4, -0.2) is 31.8 Å². The summed E-state index contributed by atoms with van der Waals surface area (Å²) in [6, 6.07) is 7.39. The highest BCUT2D eigenvalue weighted by molar-refractivity contribution is 5.49. The molecule has 3 heteroatoms. The third-order valence-electron chi connectivity index (χ3n) is 2.67. The molecule has 76 valence electrons. The Balaban J connectivity index is 1.98. The molecule has 0 aromatic heterocycles. The summed E-state index contributed by atoms with van der Waals surface area (Å²) < 4.78 is 0. The molecule has 0 amide bonds. The molecule has 1 saturated heterocycles. The van der Waals surface area contributed by atoms with Gasteiger partial charge < -0.3 is 15.3 Å². The summed E-state index contributed by atoms with van der Waals surface area (Å²) in [7, 11) is 2.06. The summed E-state index contributed by atoms with van der Waals surface area (Å²) >= 11 is 0. The zero-order valence-electron chi connectivity index (χ0n) is 8.40. The van der Waals surface area contributed by atoms with Gasteiger partial charge in [-0.2, -0.15) is 0 Å². The van der Waals surface area contributed by atoms with Crippen molar-refractivity contribution >= 4 is 5.69 Å². The summed E-state index contributed by atoms with van der Waals surface area (Å²) in [6.07, 6.45) is 0. The summed E-state index contributed by atoms with van der Waals surface area (Å²) in [6.45, 7) is 3.28. The Morgan fingerprint density at radius 1 is 1.50 bits per heavy atom. The minimum atomic E-state index is 0.334. The van der Waals surface area contributed by atoms with Gasteiger partial charge in [0.1, 0.15) is 5.75 Å². The molecule has 0 spiro atoms. The molecule has 1 aliphatic rings. The SMILES string of the molecule is CN(CC1CNC1)c1cccc(O)c1. The molecule has 0 radical (unpaired) electrons. The van der Waals surface area contributed by atoms with Gasteiger partial charge in [0.2, 0.25) is 0 Å². The van der Waals surface area contributed by atoms with Crippen molar-refractivity contribution < 1.29 is 5.11 Å². The van der Waals surface area contributed by atoms with Crippen molar-refractivity contribution in [3.05, 3.63) is 24.3 Å². The van der Waals surface area contributed by atoms with Gasteiger partial charge in [0.05, 0.1) is 0 Å². The minimum Gasteiger partial charge on any atom is -0.508 e. The summed E-state index contributed by atoms with van der Waals surface area (Å²) in [5.74, 6) is 1.09. The Morgan fingerprint density at radius 2 is 2.29 bits per heavy atom. The van der Waals surface area contributed by atoms with E-state index in [-0.39, 0.29) is 0 Å². The molecule has 1 fully saturated rings. The third kappa shape index (κ3) is 1.99. The minimum absolute atomic E-state index is 0.334. The van der Waals surface area contributed by atoms with Crippen LogP contribution in [0.1, 0.15) is 0 Å². The largest absolute Gasteiger partial charge is 0.508 e. The van der Waals surface area contributed by atoms with Gasteiger partial charge in [-0.1, -0.05) is 6.07 Å². The van der Waals surface area contributed by atoms with Crippen LogP contribution in [0.2, 0.25) is 0 Å². The van der Waals surface area contributed by atoms with Gasteiger partial charge in [-0.3, -0.25) is 0 Å². The Bertz CT molecular complexity index is 310. The lowest BCUT2D eigenvalue weighted by Gasteiger charge is -2.32. The van der Waals surface area contributed by atoms with Crippen LogP contribution in [-0.2, 0) is 0 Å². The van der Waals surface area contributed by atoms with E-state index in [1.165, 1.54) is 0 Å². The van der Waals surface area contributed by atoms with Gasteiger partial charge in [0.15, 0.2) is 0 Å². The first-order chi connectivity index (χ1) is 6.75. The maximum Gasteiger partial charge on any atom is 0.117 e. The number of aromatic hydroxyl groups is 1. The second-order valence-corrected chi connectivity index (χ2v) is 3.92. The molecule has 3 nitrogen and oxygen atoms in total. The monoisotopic (exact) mass is 192 g/mol. The van der Waals surface area contributed by atoms with Crippen LogP contribution in [0.4, 0.5) is 5.69 Å². The number of hydrogen-bond acceptors (Lipinski definition) is 3. The van der Waals surface area contributed by atoms with Gasteiger partial charge in [0, 0.05) is 44.4 Å². The zero-order valence-corrected chi connectivity index (χ0v) is 8.40. The lowest BCUT2D eigenvalue weighted by Crippen LogP contribution is -2.47. The van der Waals surface area contributed by atoms with E-state index in [1.807, 2.05) is 12.1 Å². The van der Waals surface area contributed by atoms with E-state index in [4.69, 9.17) is 0 Å². The number of hydrogen-bond donors (Lipinski definition) is 2. The fourth-order valence-corrected chi connectivity index (χ4v) is 1.70. The number of anilines is 1. The van der Waals surface area contributed by atoms with Crippen LogP contribution in [0.15, 0.2) is 24.3 Å². The molecule has 14 heavy (non-hydrogen) atoms. The molecule has 0 saturated carbocycles. The molecule has 1 aromatic rings. The molecule has 2 N–H and O–H groups in total. The van der Waals surface area contributed by atoms with Gasteiger partial charge in [-0.25, -0.2) is 0 Å². The van der Waals surface area contributed by atoms with Gasteiger partial charge >= 0.3 is 0 Å². The van der Waals surface area contributed by atoms with E-state index in [9.17, 15) is 5.11 Å². The topological polar surface area (TPSA) is 35.5 Å². The summed E-state index contributed by atoms with van der Waals surface area (Å²) in [5.41, 5.74) is 1.08. The van der Waals surface area contributed by atoms with Crippen LogP contribution in [0, 0.1) is 5.92 Å². The first-order valence-corrected chi connectivity index (χ1v) is 4.96. The maximum atomic E-state index is 9.33. The maximum absolute atomic E-state index is 9.33. The Hall–Kier alpha value is -1.22. The normalized spacial score (nSPS) is 16.4. The summed E-state index contributed by atoms with van der Waals surface area (Å²) in [4.78, 5) is 2.19.